The Labute approximate surface area is 165 Å². The molecular formula is C19H28BrNO2SSi. The van der Waals surface area contributed by atoms with Gasteiger partial charge in [-0.2, -0.15) is 0 Å². The summed E-state index contributed by atoms with van der Waals surface area (Å²) in [6.45, 7) is 13.3. The molecule has 0 bridgehead atoms. The molecule has 0 aliphatic carbocycles. The van der Waals surface area contributed by atoms with Gasteiger partial charge in [0.2, 0.25) is 0 Å². The molecule has 0 aliphatic heterocycles. The van der Waals surface area contributed by atoms with Gasteiger partial charge in [0.25, 0.3) is 0 Å². The van der Waals surface area contributed by atoms with Gasteiger partial charge in [0.1, 0.15) is 0 Å². The molecule has 0 spiro atoms. The molecule has 0 saturated carbocycles. The first-order valence-electron chi connectivity index (χ1n) is 8.59. The van der Waals surface area contributed by atoms with Crippen molar-refractivity contribution in [1.29, 1.82) is 0 Å². The fraction of sp³-hybridized carbons (Fsp3) is 0.526. The maximum Gasteiger partial charge on any atom is 0.192 e. The molecule has 2 rings (SSSR count). The predicted molar refractivity (Wildman–Crippen MR) is 112 cm³/mol. The SMILES string of the molecule is CC(C)(C)[Si](C)(C)OCc1nc(Br)sc1CCOCc1ccccc1. The quantitative estimate of drug-likeness (QED) is 0.361. The van der Waals surface area contributed by atoms with Crippen LogP contribution in [0.1, 0.15) is 36.9 Å². The average Bonchev–Trinajstić information content (AvgIpc) is 2.89. The highest BCUT2D eigenvalue weighted by molar-refractivity contribution is 9.11. The standard InChI is InChI=1S/C19H28BrNO2SSi/c1-19(2,3)25(4,5)23-14-16-17(24-18(20)21-16)11-12-22-13-15-9-7-6-8-10-15/h6-10H,11-14H2,1-5H3. The average molecular weight is 442 g/mol. The minimum Gasteiger partial charge on any atom is -0.411 e. The van der Waals surface area contributed by atoms with Crippen LogP contribution in [0, 0.1) is 0 Å². The highest BCUT2D eigenvalue weighted by Gasteiger charge is 2.37. The zero-order chi connectivity index (χ0) is 18.5. The van der Waals surface area contributed by atoms with Gasteiger partial charge in [-0.05, 0) is 39.6 Å². The second-order valence-corrected chi connectivity index (χ2v) is 14.8. The van der Waals surface area contributed by atoms with Crippen molar-refractivity contribution in [2.45, 2.75) is 58.5 Å². The molecule has 0 atom stereocenters. The molecule has 2 aromatic rings. The lowest BCUT2D eigenvalue weighted by Gasteiger charge is -2.36. The molecule has 1 aromatic heterocycles. The van der Waals surface area contributed by atoms with Crippen LogP contribution in [0.15, 0.2) is 34.2 Å². The van der Waals surface area contributed by atoms with Crippen LogP contribution in [0.5, 0.6) is 0 Å². The topological polar surface area (TPSA) is 31.4 Å². The predicted octanol–water partition coefficient (Wildman–Crippen LogP) is 6.19. The van der Waals surface area contributed by atoms with E-state index in [1.54, 1.807) is 11.3 Å². The van der Waals surface area contributed by atoms with Gasteiger partial charge in [0.05, 0.1) is 25.5 Å². The monoisotopic (exact) mass is 441 g/mol. The van der Waals surface area contributed by atoms with Gasteiger partial charge in [-0.3, -0.25) is 0 Å². The molecule has 0 fully saturated rings. The van der Waals surface area contributed by atoms with E-state index in [9.17, 15) is 0 Å². The van der Waals surface area contributed by atoms with E-state index in [-0.39, 0.29) is 5.04 Å². The highest BCUT2D eigenvalue weighted by atomic mass is 79.9. The number of rotatable bonds is 8. The normalized spacial score (nSPS) is 12.6. The molecule has 3 nitrogen and oxygen atoms in total. The number of ether oxygens (including phenoxy) is 1. The summed E-state index contributed by atoms with van der Waals surface area (Å²) in [4.78, 5) is 5.86. The third kappa shape index (κ3) is 6.29. The van der Waals surface area contributed by atoms with Gasteiger partial charge < -0.3 is 9.16 Å². The number of halogens is 1. The summed E-state index contributed by atoms with van der Waals surface area (Å²) >= 11 is 5.19. The minimum atomic E-state index is -1.77. The van der Waals surface area contributed by atoms with E-state index >= 15 is 0 Å². The maximum atomic E-state index is 6.33. The molecule has 6 heteroatoms. The number of hydrogen-bond acceptors (Lipinski definition) is 4. The van der Waals surface area contributed by atoms with Crippen molar-refractivity contribution in [3.8, 4) is 0 Å². The van der Waals surface area contributed by atoms with Gasteiger partial charge in [0.15, 0.2) is 12.2 Å². The van der Waals surface area contributed by atoms with E-state index in [1.165, 1.54) is 10.4 Å². The van der Waals surface area contributed by atoms with Gasteiger partial charge in [-0.25, -0.2) is 4.98 Å². The van der Waals surface area contributed by atoms with E-state index in [0.29, 0.717) is 19.8 Å². The first kappa shape index (κ1) is 20.8. The van der Waals surface area contributed by atoms with Crippen LogP contribution in [0.2, 0.25) is 18.1 Å². The van der Waals surface area contributed by atoms with E-state index in [4.69, 9.17) is 9.16 Å². The van der Waals surface area contributed by atoms with E-state index in [0.717, 1.165) is 16.0 Å². The molecule has 25 heavy (non-hydrogen) atoms. The Balaban J connectivity index is 1.87. The zero-order valence-corrected chi connectivity index (χ0v) is 19.2. The Morgan fingerprint density at radius 3 is 2.44 bits per heavy atom. The Morgan fingerprint density at radius 1 is 1.12 bits per heavy atom. The molecule has 138 valence electrons. The number of aromatic nitrogens is 1. The summed E-state index contributed by atoms with van der Waals surface area (Å²) in [7, 11) is -1.77. The second-order valence-electron chi connectivity index (χ2n) is 7.67. The Kier molecular flexibility index (Phi) is 7.40. The van der Waals surface area contributed by atoms with Crippen molar-refractivity contribution < 1.29 is 9.16 Å². The number of hydrogen-bond donors (Lipinski definition) is 0. The lowest BCUT2D eigenvalue weighted by atomic mass is 10.2. The number of thiazole rings is 1. The maximum absolute atomic E-state index is 6.33. The van der Waals surface area contributed by atoms with Crippen LogP contribution in [0.3, 0.4) is 0 Å². The summed E-state index contributed by atoms with van der Waals surface area (Å²) in [5.41, 5.74) is 2.25. The van der Waals surface area contributed by atoms with Crippen molar-refractivity contribution in [1.82, 2.24) is 4.98 Å². The fourth-order valence-corrected chi connectivity index (χ4v) is 4.55. The molecule has 0 aliphatic rings. The Morgan fingerprint density at radius 2 is 1.80 bits per heavy atom. The van der Waals surface area contributed by atoms with Gasteiger partial charge >= 0.3 is 0 Å². The fourth-order valence-electron chi connectivity index (χ4n) is 2.05. The van der Waals surface area contributed by atoms with E-state index < -0.39 is 8.32 Å². The lowest BCUT2D eigenvalue weighted by Crippen LogP contribution is -2.40. The smallest absolute Gasteiger partial charge is 0.192 e. The van der Waals surface area contributed by atoms with Crippen molar-refractivity contribution in [2.75, 3.05) is 6.61 Å². The van der Waals surface area contributed by atoms with E-state index in [2.05, 4.69) is 66.9 Å². The number of benzene rings is 1. The summed E-state index contributed by atoms with van der Waals surface area (Å²) in [6.07, 6.45) is 0.867. The van der Waals surface area contributed by atoms with Crippen LogP contribution in [-0.4, -0.2) is 19.9 Å². The first-order chi connectivity index (χ1) is 11.7. The largest absolute Gasteiger partial charge is 0.411 e. The van der Waals surface area contributed by atoms with Gasteiger partial charge in [0, 0.05) is 11.3 Å². The van der Waals surface area contributed by atoms with E-state index in [1.807, 2.05) is 18.2 Å². The molecule has 0 radical (unpaired) electrons. The summed E-state index contributed by atoms with van der Waals surface area (Å²) in [5, 5.41) is 0.208. The molecular weight excluding hydrogens is 414 g/mol. The molecule has 0 N–H and O–H groups in total. The van der Waals surface area contributed by atoms with Gasteiger partial charge in [-0.15, -0.1) is 11.3 Å². The third-order valence-corrected chi connectivity index (χ3v) is 10.8. The first-order valence-corrected chi connectivity index (χ1v) is 13.1. The van der Waals surface area contributed by atoms with Crippen LogP contribution in [-0.2, 0) is 28.8 Å². The summed E-state index contributed by atoms with van der Waals surface area (Å²) in [6, 6.07) is 10.3. The van der Waals surface area contributed by atoms with Crippen LogP contribution in [0.25, 0.3) is 0 Å². The second kappa shape index (κ2) is 8.91. The molecule has 0 amide bonds. The highest BCUT2D eigenvalue weighted by Crippen LogP contribution is 2.37. The van der Waals surface area contributed by atoms with Crippen molar-refractivity contribution in [3.05, 3.63) is 50.4 Å². The molecule has 0 unspecified atom stereocenters. The van der Waals surface area contributed by atoms with Crippen molar-refractivity contribution in [2.24, 2.45) is 0 Å². The van der Waals surface area contributed by atoms with Crippen molar-refractivity contribution in [3.63, 3.8) is 0 Å². The minimum absolute atomic E-state index is 0.208. The summed E-state index contributed by atoms with van der Waals surface area (Å²) in [5.74, 6) is 0. The molecule has 1 heterocycles. The third-order valence-electron chi connectivity index (χ3n) is 4.71. The Bertz CT molecular complexity index is 668. The molecule has 0 saturated heterocycles. The number of nitrogens with zero attached hydrogens (tertiary/aromatic N) is 1. The van der Waals surface area contributed by atoms with Crippen LogP contribution >= 0.6 is 27.3 Å². The molecule has 1 aromatic carbocycles. The zero-order valence-electron chi connectivity index (χ0n) is 15.8. The van der Waals surface area contributed by atoms with Crippen molar-refractivity contribution >= 4 is 35.6 Å². The van der Waals surface area contributed by atoms with Crippen LogP contribution in [0.4, 0.5) is 0 Å². The van der Waals surface area contributed by atoms with Gasteiger partial charge in [-0.1, -0.05) is 51.1 Å². The van der Waals surface area contributed by atoms with Crippen LogP contribution < -0.4 is 0 Å². The summed E-state index contributed by atoms with van der Waals surface area (Å²) < 4.78 is 13.1. The lowest BCUT2D eigenvalue weighted by molar-refractivity contribution is 0.124. The Hall–Kier alpha value is -0.533.